The minimum atomic E-state index is -0.422. The first-order valence-electron chi connectivity index (χ1n) is 12.4. The van der Waals surface area contributed by atoms with Crippen LogP contribution in [0.25, 0.3) is 22.3 Å². The summed E-state index contributed by atoms with van der Waals surface area (Å²) in [6, 6.07) is 8.06. The molecule has 2 aliphatic rings. The van der Waals surface area contributed by atoms with E-state index in [-0.39, 0.29) is 11.9 Å². The van der Waals surface area contributed by atoms with Crippen LogP contribution in [0.3, 0.4) is 0 Å². The molecule has 4 aromatic rings. The summed E-state index contributed by atoms with van der Waals surface area (Å²) < 4.78 is 20.8. The second-order valence-electron chi connectivity index (χ2n) is 10.6. The van der Waals surface area contributed by atoms with Crippen LogP contribution in [0.4, 0.5) is 4.39 Å². The number of halogens is 2. The van der Waals surface area contributed by atoms with Crippen LogP contribution in [-0.4, -0.2) is 38.8 Å². The molecule has 190 valence electrons. The average molecular weight is 520 g/mol. The second-order valence-corrected chi connectivity index (χ2v) is 11.0. The summed E-state index contributed by atoms with van der Waals surface area (Å²) in [4.78, 5) is 22.1. The smallest absolute Gasteiger partial charge is 0.253 e. The van der Waals surface area contributed by atoms with Gasteiger partial charge in [0.05, 0.1) is 30.9 Å². The molecule has 0 atom stereocenters. The third-order valence-corrected chi connectivity index (χ3v) is 7.82. The van der Waals surface area contributed by atoms with Gasteiger partial charge < -0.3 is 10.1 Å². The second kappa shape index (κ2) is 9.10. The van der Waals surface area contributed by atoms with E-state index in [1.54, 1.807) is 35.4 Å². The number of carbonyl (C=O) groups is 1. The van der Waals surface area contributed by atoms with Crippen molar-refractivity contribution in [2.45, 2.75) is 45.2 Å². The van der Waals surface area contributed by atoms with Gasteiger partial charge in [0.2, 0.25) is 0 Å². The fourth-order valence-electron chi connectivity index (χ4n) is 6.16. The van der Waals surface area contributed by atoms with E-state index in [0.29, 0.717) is 45.2 Å². The highest BCUT2D eigenvalue weighted by atomic mass is 35.5. The zero-order valence-electron chi connectivity index (χ0n) is 20.7. The van der Waals surface area contributed by atoms with Crippen molar-refractivity contribution < 1.29 is 13.9 Å². The molecule has 0 saturated heterocycles. The lowest BCUT2D eigenvalue weighted by molar-refractivity contribution is -0.0399. The molecule has 2 aromatic heterocycles. The molecule has 2 saturated carbocycles. The summed E-state index contributed by atoms with van der Waals surface area (Å²) in [6.45, 7) is 2.65. The van der Waals surface area contributed by atoms with Crippen LogP contribution in [0.5, 0.6) is 5.75 Å². The summed E-state index contributed by atoms with van der Waals surface area (Å²) in [5.41, 5.74) is 2.99. The Morgan fingerprint density at radius 1 is 1.14 bits per heavy atom. The fourth-order valence-corrected chi connectivity index (χ4v) is 6.39. The number of fused-ring (bicyclic) bond motifs is 1. The minimum absolute atomic E-state index is 0.131. The van der Waals surface area contributed by atoms with Crippen molar-refractivity contribution in [2.75, 3.05) is 7.11 Å². The van der Waals surface area contributed by atoms with Gasteiger partial charge in [-0.05, 0) is 61.3 Å². The van der Waals surface area contributed by atoms with Crippen molar-refractivity contribution in [3.05, 3.63) is 70.9 Å². The van der Waals surface area contributed by atoms with Gasteiger partial charge in [-0.3, -0.25) is 9.48 Å². The first-order chi connectivity index (χ1) is 17.8. The summed E-state index contributed by atoms with van der Waals surface area (Å²) in [7, 11) is 1.48. The number of aromatic nitrogens is 4. The van der Waals surface area contributed by atoms with Crippen molar-refractivity contribution in [3.8, 4) is 17.1 Å². The lowest BCUT2D eigenvalue weighted by Crippen LogP contribution is -2.55. The molecule has 9 heteroatoms. The van der Waals surface area contributed by atoms with Crippen LogP contribution < -0.4 is 10.1 Å². The van der Waals surface area contributed by atoms with Gasteiger partial charge >= 0.3 is 0 Å². The van der Waals surface area contributed by atoms with Crippen molar-refractivity contribution in [3.63, 3.8) is 0 Å². The molecular weight excluding hydrogens is 493 g/mol. The summed E-state index contributed by atoms with van der Waals surface area (Å²) in [5, 5.41) is 9.00. The lowest BCUT2D eigenvalue weighted by atomic mass is 9.50. The summed E-state index contributed by atoms with van der Waals surface area (Å²) in [6.07, 6.45) is 9.69. The molecular formula is C28H27ClFN5O2. The van der Waals surface area contributed by atoms with Gasteiger partial charge in [0.15, 0.2) is 5.82 Å². The Labute approximate surface area is 219 Å². The quantitative estimate of drug-likeness (QED) is 0.356. The first-order valence-corrected chi connectivity index (χ1v) is 12.8. The number of hydrogen-bond donors (Lipinski definition) is 1. The Balaban J connectivity index is 1.22. The summed E-state index contributed by atoms with van der Waals surface area (Å²) in [5.74, 6) is 1.03. The van der Waals surface area contributed by atoms with Crippen LogP contribution in [0.1, 0.15) is 48.5 Å². The van der Waals surface area contributed by atoms with Crippen LogP contribution >= 0.6 is 11.6 Å². The van der Waals surface area contributed by atoms with E-state index in [4.69, 9.17) is 16.3 Å². The Bertz CT molecular complexity index is 1490. The molecule has 37 heavy (non-hydrogen) atoms. The zero-order valence-corrected chi connectivity index (χ0v) is 21.4. The number of ether oxygens (including phenoxy) is 1. The Hall–Kier alpha value is -3.52. The van der Waals surface area contributed by atoms with Gasteiger partial charge in [0, 0.05) is 46.0 Å². The molecule has 2 aliphatic carbocycles. The van der Waals surface area contributed by atoms with Crippen LogP contribution in [0.15, 0.2) is 48.9 Å². The van der Waals surface area contributed by atoms with Crippen molar-refractivity contribution in [1.82, 2.24) is 25.1 Å². The number of benzene rings is 2. The molecule has 1 spiro atoms. The number of nitrogens with one attached hydrogen (secondary N) is 1. The minimum Gasteiger partial charge on any atom is -0.497 e. The largest absolute Gasteiger partial charge is 0.497 e. The fraction of sp³-hybridized carbons (Fsp3) is 0.357. The third-order valence-electron chi connectivity index (χ3n) is 7.60. The van der Waals surface area contributed by atoms with E-state index in [9.17, 15) is 9.18 Å². The molecule has 7 nitrogen and oxygen atoms in total. The van der Waals surface area contributed by atoms with Gasteiger partial charge in [-0.1, -0.05) is 18.5 Å². The predicted octanol–water partition coefficient (Wildman–Crippen LogP) is 5.65. The number of hydrogen-bond acceptors (Lipinski definition) is 5. The molecule has 0 aliphatic heterocycles. The number of carbonyl (C=O) groups excluding carboxylic acids is 1. The molecule has 1 N–H and O–H groups in total. The number of nitrogens with zero attached hydrogens (tertiary/aromatic N) is 4. The van der Waals surface area contributed by atoms with Crippen LogP contribution in [0.2, 0.25) is 5.02 Å². The van der Waals surface area contributed by atoms with Gasteiger partial charge in [-0.2, -0.15) is 5.10 Å². The standard InChI is InChI=1S/C28H27ClFN5O2/c1-16-8-28(9-16)10-22(11-28)34-27(36)24-6-20(29)3-19-14-33-35(25(19)24)15-17-12-31-26(32-13-17)18-4-21(30)7-23(5-18)37-2/h3-7,12-14,16,22H,8-11,15H2,1-2H3,(H,34,36). The maximum absolute atomic E-state index is 13.9. The van der Waals surface area contributed by atoms with Crippen molar-refractivity contribution in [1.29, 1.82) is 0 Å². The van der Waals surface area contributed by atoms with Gasteiger partial charge in [-0.15, -0.1) is 0 Å². The molecule has 0 bridgehead atoms. The monoisotopic (exact) mass is 519 g/mol. The topological polar surface area (TPSA) is 81.9 Å². The molecule has 0 radical (unpaired) electrons. The Morgan fingerprint density at radius 2 is 1.89 bits per heavy atom. The predicted molar refractivity (Wildman–Crippen MR) is 139 cm³/mol. The highest BCUT2D eigenvalue weighted by Gasteiger charge is 2.51. The summed E-state index contributed by atoms with van der Waals surface area (Å²) >= 11 is 6.35. The van der Waals surface area contributed by atoms with Crippen LogP contribution in [0, 0.1) is 17.2 Å². The van der Waals surface area contributed by atoms with E-state index in [0.717, 1.165) is 29.7 Å². The number of rotatable bonds is 6. The lowest BCUT2D eigenvalue weighted by Gasteiger charge is -2.57. The molecule has 2 heterocycles. The average Bonchev–Trinajstić information content (AvgIpc) is 3.23. The van der Waals surface area contributed by atoms with Crippen molar-refractivity contribution in [2.24, 2.45) is 11.3 Å². The highest BCUT2D eigenvalue weighted by Crippen LogP contribution is 2.58. The Morgan fingerprint density at radius 3 is 2.59 bits per heavy atom. The number of amides is 1. The molecule has 2 fully saturated rings. The molecule has 0 unspecified atom stereocenters. The van der Waals surface area contributed by atoms with Gasteiger partial charge in [0.25, 0.3) is 5.91 Å². The first kappa shape index (κ1) is 23.9. The van der Waals surface area contributed by atoms with Gasteiger partial charge in [0.1, 0.15) is 11.6 Å². The van der Waals surface area contributed by atoms with Crippen LogP contribution in [-0.2, 0) is 6.54 Å². The van der Waals surface area contributed by atoms with Crippen molar-refractivity contribution >= 4 is 28.4 Å². The molecule has 2 aromatic carbocycles. The SMILES string of the molecule is COc1cc(F)cc(-c2ncc(Cn3ncc4cc(Cl)cc(C(=O)NC5CC6(CC(C)C6)C5)c43)cn2)c1. The third kappa shape index (κ3) is 4.55. The maximum Gasteiger partial charge on any atom is 0.253 e. The van der Waals surface area contributed by atoms with Gasteiger partial charge in [-0.25, -0.2) is 14.4 Å². The zero-order chi connectivity index (χ0) is 25.7. The highest BCUT2D eigenvalue weighted by molar-refractivity contribution is 6.32. The normalized spacial score (nSPS) is 22.5. The molecule has 1 amide bonds. The van der Waals surface area contributed by atoms with E-state index in [1.165, 1.54) is 32.1 Å². The van der Waals surface area contributed by atoms with E-state index in [1.807, 2.05) is 6.07 Å². The van der Waals surface area contributed by atoms with E-state index in [2.05, 4.69) is 27.3 Å². The molecule has 6 rings (SSSR count). The van der Waals surface area contributed by atoms with E-state index >= 15 is 0 Å². The Kier molecular flexibility index (Phi) is 5.87. The van der Waals surface area contributed by atoms with E-state index < -0.39 is 5.82 Å². The number of methoxy groups -OCH3 is 1. The maximum atomic E-state index is 13.9.